The van der Waals surface area contributed by atoms with Crippen LogP contribution in [0.1, 0.15) is 36.5 Å². The topological polar surface area (TPSA) is 144 Å². The van der Waals surface area contributed by atoms with Crippen molar-refractivity contribution in [2.75, 3.05) is 20.4 Å². The number of hydrogen-bond donors (Lipinski definition) is 6. The zero-order valence-corrected chi connectivity index (χ0v) is 21.9. The molecule has 6 N–H and O–H groups in total. The van der Waals surface area contributed by atoms with E-state index < -0.39 is 12.2 Å². The van der Waals surface area contributed by atoms with Gasteiger partial charge in [0.2, 0.25) is 0 Å². The van der Waals surface area contributed by atoms with E-state index in [9.17, 15) is 25.2 Å². The van der Waals surface area contributed by atoms with E-state index in [0.717, 1.165) is 16.7 Å². The van der Waals surface area contributed by atoms with Crippen LogP contribution in [-0.2, 0) is 24.1 Å². The van der Waals surface area contributed by atoms with Gasteiger partial charge in [0, 0.05) is 31.8 Å². The lowest BCUT2D eigenvalue weighted by molar-refractivity contribution is -0.121. The smallest absolute Gasteiger partial charge is 0.163 e. The Morgan fingerprint density at radius 2 is 1.66 bits per heavy atom. The van der Waals surface area contributed by atoms with Crippen LogP contribution >= 0.6 is 0 Å². The predicted molar refractivity (Wildman–Crippen MR) is 144 cm³/mol. The molecule has 3 aromatic rings. The number of aliphatic hydroxyl groups excluding tert-OH is 2. The molecule has 206 valence electrons. The first-order chi connectivity index (χ1) is 18.2. The summed E-state index contributed by atoms with van der Waals surface area (Å²) in [6, 6.07) is 12.0. The third-order valence-corrected chi connectivity index (χ3v) is 6.37. The molecule has 0 bridgehead atoms. The molecule has 9 heteroatoms. The molecule has 0 aliphatic heterocycles. The first-order valence-electron chi connectivity index (χ1n) is 12.8. The first-order valence-corrected chi connectivity index (χ1v) is 12.8. The van der Waals surface area contributed by atoms with E-state index >= 15 is 0 Å². The normalized spacial score (nSPS) is 13.6. The molecule has 38 heavy (non-hydrogen) atoms. The van der Waals surface area contributed by atoms with Gasteiger partial charge in [-0.05, 0) is 79.1 Å². The number of aromatic amines is 1. The number of Topliss-reactive ketones (excluding diaryl/α,β-unsaturated/α-hetero) is 1. The SMILES string of the molecule is COc1cc(CC(Cc2cc[nH]c2)C(O)CC(=O)CCc2ccc(O)c(OCNCC(C)O)c2)ccc1O. The number of hydrogen-bond acceptors (Lipinski definition) is 8. The van der Waals surface area contributed by atoms with Gasteiger partial charge in [0.15, 0.2) is 23.0 Å². The molecule has 3 unspecified atom stereocenters. The van der Waals surface area contributed by atoms with Crippen molar-refractivity contribution in [3.8, 4) is 23.0 Å². The second kappa shape index (κ2) is 14.4. The zero-order chi connectivity index (χ0) is 27.5. The van der Waals surface area contributed by atoms with Crippen molar-refractivity contribution in [1.29, 1.82) is 0 Å². The van der Waals surface area contributed by atoms with E-state index in [1.54, 1.807) is 37.3 Å². The highest BCUT2D eigenvalue weighted by Gasteiger charge is 2.24. The highest BCUT2D eigenvalue weighted by molar-refractivity contribution is 5.79. The van der Waals surface area contributed by atoms with Crippen LogP contribution in [0.5, 0.6) is 23.0 Å². The monoisotopic (exact) mass is 526 g/mol. The van der Waals surface area contributed by atoms with Crippen LogP contribution in [0.25, 0.3) is 0 Å². The number of nitrogens with one attached hydrogen (secondary N) is 2. The summed E-state index contributed by atoms with van der Waals surface area (Å²) in [6.45, 7) is 2.15. The number of aryl methyl sites for hydroxylation is 1. The number of carbonyl (C=O) groups is 1. The summed E-state index contributed by atoms with van der Waals surface area (Å²) in [5.74, 6) is 0.426. The molecule has 0 fully saturated rings. The molecule has 1 aromatic heterocycles. The van der Waals surface area contributed by atoms with E-state index in [2.05, 4.69) is 10.3 Å². The van der Waals surface area contributed by atoms with Crippen molar-refractivity contribution >= 4 is 5.78 Å². The Kier molecular flexibility index (Phi) is 11.0. The Morgan fingerprint density at radius 1 is 0.974 bits per heavy atom. The van der Waals surface area contributed by atoms with E-state index in [4.69, 9.17) is 9.47 Å². The Balaban J connectivity index is 1.58. The molecule has 3 atom stereocenters. The average molecular weight is 527 g/mol. The lowest BCUT2D eigenvalue weighted by Crippen LogP contribution is -2.28. The second-order valence-electron chi connectivity index (χ2n) is 9.60. The van der Waals surface area contributed by atoms with Gasteiger partial charge in [0.1, 0.15) is 12.5 Å². The molecule has 0 amide bonds. The van der Waals surface area contributed by atoms with Crippen molar-refractivity contribution in [1.82, 2.24) is 10.3 Å². The Morgan fingerprint density at radius 3 is 2.34 bits per heavy atom. The minimum atomic E-state index is -0.851. The molecule has 0 radical (unpaired) electrons. The number of phenolic OH excluding ortho intramolecular Hbond substituents is 2. The molecule has 0 aliphatic rings. The van der Waals surface area contributed by atoms with Crippen LogP contribution < -0.4 is 14.8 Å². The lowest BCUT2D eigenvalue weighted by Gasteiger charge is -2.23. The maximum absolute atomic E-state index is 12.8. The number of ketones is 1. The summed E-state index contributed by atoms with van der Waals surface area (Å²) in [5.41, 5.74) is 2.76. The first kappa shape index (κ1) is 29.0. The van der Waals surface area contributed by atoms with Crippen molar-refractivity contribution < 1.29 is 34.7 Å². The number of H-pyrrole nitrogens is 1. The maximum Gasteiger partial charge on any atom is 0.163 e. The number of aromatic nitrogens is 1. The third-order valence-electron chi connectivity index (χ3n) is 6.37. The lowest BCUT2D eigenvalue weighted by atomic mass is 9.86. The minimum absolute atomic E-state index is 0.00666. The average Bonchev–Trinajstić information content (AvgIpc) is 3.40. The molecular formula is C29H38N2O7. The van der Waals surface area contributed by atoms with Gasteiger partial charge in [-0.3, -0.25) is 10.1 Å². The fourth-order valence-corrected chi connectivity index (χ4v) is 4.30. The molecular weight excluding hydrogens is 488 g/mol. The Bertz CT molecular complexity index is 1150. The largest absolute Gasteiger partial charge is 0.504 e. The summed E-state index contributed by atoms with van der Waals surface area (Å²) < 4.78 is 10.8. The van der Waals surface area contributed by atoms with Gasteiger partial charge in [0.05, 0.1) is 19.3 Å². The van der Waals surface area contributed by atoms with Crippen LogP contribution in [0.3, 0.4) is 0 Å². The van der Waals surface area contributed by atoms with Crippen LogP contribution in [0.4, 0.5) is 0 Å². The summed E-state index contributed by atoms with van der Waals surface area (Å²) in [5, 5.41) is 43.2. The quantitative estimate of drug-likeness (QED) is 0.123. The summed E-state index contributed by atoms with van der Waals surface area (Å²) in [7, 11) is 1.49. The summed E-state index contributed by atoms with van der Waals surface area (Å²) >= 11 is 0. The fraction of sp³-hybridized carbons (Fsp3) is 0.414. The van der Waals surface area contributed by atoms with E-state index in [1.807, 2.05) is 18.5 Å². The number of benzene rings is 2. The predicted octanol–water partition coefficient (Wildman–Crippen LogP) is 3.10. The van der Waals surface area contributed by atoms with Gasteiger partial charge in [0.25, 0.3) is 0 Å². The number of phenols is 2. The van der Waals surface area contributed by atoms with Crippen LogP contribution in [0.2, 0.25) is 0 Å². The molecule has 0 spiro atoms. The highest BCUT2D eigenvalue weighted by atomic mass is 16.5. The van der Waals surface area contributed by atoms with Crippen molar-refractivity contribution in [3.63, 3.8) is 0 Å². The number of rotatable bonds is 16. The molecule has 1 heterocycles. The van der Waals surface area contributed by atoms with Gasteiger partial charge in [-0.15, -0.1) is 0 Å². The third kappa shape index (κ3) is 9.09. The van der Waals surface area contributed by atoms with Crippen molar-refractivity contribution in [2.24, 2.45) is 5.92 Å². The highest BCUT2D eigenvalue weighted by Crippen LogP contribution is 2.30. The van der Waals surface area contributed by atoms with E-state index in [-0.39, 0.29) is 42.8 Å². The molecule has 0 saturated heterocycles. The van der Waals surface area contributed by atoms with E-state index in [1.165, 1.54) is 13.2 Å². The van der Waals surface area contributed by atoms with Crippen LogP contribution in [0.15, 0.2) is 54.9 Å². The molecule has 2 aromatic carbocycles. The van der Waals surface area contributed by atoms with Gasteiger partial charge < -0.3 is 34.9 Å². The Hall–Kier alpha value is -3.53. The number of methoxy groups -OCH3 is 1. The zero-order valence-electron chi connectivity index (χ0n) is 21.9. The van der Waals surface area contributed by atoms with Crippen molar-refractivity contribution in [2.45, 2.75) is 51.2 Å². The van der Waals surface area contributed by atoms with Crippen LogP contribution in [-0.4, -0.2) is 63.8 Å². The van der Waals surface area contributed by atoms with E-state index in [0.29, 0.717) is 37.3 Å². The number of ether oxygens (including phenoxy) is 2. The van der Waals surface area contributed by atoms with Crippen molar-refractivity contribution in [3.05, 3.63) is 71.5 Å². The standard InChI is InChI=1S/C29H38N2O7/c1-19(32)16-31-18-38-29-13-20(4-7-26(29)35)3-6-24(33)15-27(36)23(12-22-9-10-30-17-22)11-21-5-8-25(34)28(14-21)37-2/h4-5,7-10,13-14,17,19,23,27,30-32,34-36H,3,6,11-12,15-16,18H2,1-2H3. The number of aliphatic hydroxyl groups is 2. The summed E-state index contributed by atoms with van der Waals surface area (Å²) in [6.07, 6.45) is 4.15. The molecule has 0 aliphatic carbocycles. The second-order valence-corrected chi connectivity index (χ2v) is 9.60. The van der Waals surface area contributed by atoms with Gasteiger partial charge >= 0.3 is 0 Å². The number of carbonyl (C=O) groups excluding carboxylic acids is 1. The Labute approximate surface area is 223 Å². The van der Waals surface area contributed by atoms with Gasteiger partial charge in [-0.1, -0.05) is 12.1 Å². The maximum atomic E-state index is 12.8. The van der Waals surface area contributed by atoms with Gasteiger partial charge in [-0.25, -0.2) is 0 Å². The fourth-order valence-electron chi connectivity index (χ4n) is 4.30. The van der Waals surface area contributed by atoms with Gasteiger partial charge in [-0.2, -0.15) is 0 Å². The van der Waals surface area contributed by atoms with Crippen LogP contribution in [0, 0.1) is 5.92 Å². The number of aromatic hydroxyl groups is 2. The minimum Gasteiger partial charge on any atom is -0.504 e. The molecule has 3 rings (SSSR count). The summed E-state index contributed by atoms with van der Waals surface area (Å²) in [4.78, 5) is 15.9. The molecule has 0 saturated carbocycles. The molecule has 9 nitrogen and oxygen atoms in total.